The molecule has 1 N–H and O–H groups in total. The van der Waals surface area contributed by atoms with Crippen molar-refractivity contribution in [2.24, 2.45) is 5.92 Å². The van der Waals surface area contributed by atoms with Crippen LogP contribution in [0.1, 0.15) is 41.0 Å². The number of fused-ring (bicyclic) bond motifs is 1. The number of hydrogen-bond donors (Lipinski definition) is 1. The summed E-state index contributed by atoms with van der Waals surface area (Å²) in [6.45, 7) is 2.89. The third-order valence-corrected chi connectivity index (χ3v) is 7.57. The Bertz CT molecular complexity index is 1210. The number of anilines is 1. The van der Waals surface area contributed by atoms with E-state index in [-0.39, 0.29) is 48.6 Å². The largest absolute Gasteiger partial charge is 0.454 e. The van der Waals surface area contributed by atoms with Crippen molar-refractivity contribution in [2.45, 2.75) is 26.3 Å². The summed E-state index contributed by atoms with van der Waals surface area (Å²) >= 11 is 33.8. The quantitative estimate of drug-likeness (QED) is 0.153. The molecule has 0 saturated carbocycles. The van der Waals surface area contributed by atoms with Gasteiger partial charge in [-0.1, -0.05) is 87.8 Å². The SMILES string of the molecule is CC(C)C[C@@H](C(=O)OCC(=O)Nc1ccc(Br)cc1Cl)N1C(=O)c2c(Cl)c(Cl)c(Cl)c(Cl)c2C1=O. The summed E-state index contributed by atoms with van der Waals surface area (Å²) < 4.78 is 5.87. The standard InChI is InChI=1S/C22H16BrCl5N2O5/c1-8(2)5-12(22(34)35-7-13(31)29-11-4-3-9(23)6-10(11)24)30-20(32)14-15(21(30)33)17(26)19(28)18(27)16(14)25/h3-4,6,8,12H,5,7H2,1-2H3,(H,29,31)/t12-/m0/s1. The van der Waals surface area contributed by atoms with Gasteiger partial charge in [0.15, 0.2) is 6.61 Å². The van der Waals surface area contributed by atoms with E-state index in [1.165, 1.54) is 0 Å². The van der Waals surface area contributed by atoms with Gasteiger partial charge < -0.3 is 10.1 Å². The molecule has 3 rings (SSSR count). The third kappa shape index (κ3) is 5.73. The Balaban J connectivity index is 1.82. The van der Waals surface area contributed by atoms with E-state index < -0.39 is 36.3 Å². The van der Waals surface area contributed by atoms with Crippen molar-refractivity contribution >= 4 is 103 Å². The molecule has 1 heterocycles. The fourth-order valence-electron chi connectivity index (χ4n) is 3.41. The summed E-state index contributed by atoms with van der Waals surface area (Å²) in [6.07, 6.45) is 0.0567. The van der Waals surface area contributed by atoms with Gasteiger partial charge >= 0.3 is 5.97 Å². The lowest BCUT2D eigenvalue weighted by Crippen LogP contribution is -2.47. The van der Waals surface area contributed by atoms with Crippen molar-refractivity contribution in [3.63, 3.8) is 0 Å². The maximum absolute atomic E-state index is 13.2. The van der Waals surface area contributed by atoms with Gasteiger partial charge in [0.1, 0.15) is 6.04 Å². The fraction of sp³-hybridized carbons (Fsp3) is 0.273. The molecule has 2 aromatic carbocycles. The molecule has 0 saturated heterocycles. The Kier molecular flexibility index (Phi) is 9.00. The third-order valence-electron chi connectivity index (χ3n) is 4.96. The molecule has 1 atom stereocenters. The highest BCUT2D eigenvalue weighted by Gasteiger charge is 2.47. The maximum Gasteiger partial charge on any atom is 0.329 e. The van der Waals surface area contributed by atoms with Crippen LogP contribution >= 0.6 is 73.9 Å². The lowest BCUT2D eigenvalue weighted by Gasteiger charge is -2.26. The predicted molar refractivity (Wildman–Crippen MR) is 139 cm³/mol. The minimum atomic E-state index is -1.35. The van der Waals surface area contributed by atoms with Crippen molar-refractivity contribution in [2.75, 3.05) is 11.9 Å². The van der Waals surface area contributed by atoms with Crippen LogP contribution in [-0.2, 0) is 14.3 Å². The molecule has 35 heavy (non-hydrogen) atoms. The zero-order valence-electron chi connectivity index (χ0n) is 18.1. The van der Waals surface area contributed by atoms with Gasteiger partial charge in [-0.25, -0.2) is 4.79 Å². The summed E-state index contributed by atoms with van der Waals surface area (Å²) in [5.41, 5.74) is -0.187. The van der Waals surface area contributed by atoms with E-state index in [1.54, 1.807) is 32.0 Å². The highest BCUT2D eigenvalue weighted by molar-refractivity contribution is 9.10. The first kappa shape index (κ1) is 28.0. The van der Waals surface area contributed by atoms with Gasteiger partial charge in [0.25, 0.3) is 17.7 Å². The Morgan fingerprint density at radius 1 is 0.971 bits per heavy atom. The molecule has 3 amide bonds. The molecule has 0 bridgehead atoms. The number of esters is 1. The Hall–Kier alpha value is -1.55. The highest BCUT2D eigenvalue weighted by atomic mass is 79.9. The average Bonchev–Trinajstić information content (AvgIpc) is 3.04. The molecule has 0 unspecified atom stereocenters. The number of amides is 3. The summed E-state index contributed by atoms with van der Waals surface area (Å²) in [7, 11) is 0. The number of hydrogen-bond acceptors (Lipinski definition) is 5. The molecular weight excluding hydrogens is 629 g/mol. The molecule has 0 aliphatic carbocycles. The van der Waals surface area contributed by atoms with Crippen molar-refractivity contribution in [3.8, 4) is 0 Å². The molecule has 1 aliphatic rings. The molecule has 1 aliphatic heterocycles. The number of carbonyl (C=O) groups is 4. The zero-order chi connectivity index (χ0) is 26.2. The second kappa shape index (κ2) is 11.2. The number of rotatable bonds is 7. The maximum atomic E-state index is 13.2. The number of halogens is 6. The molecule has 0 fully saturated rings. The van der Waals surface area contributed by atoms with Crippen LogP contribution in [0.2, 0.25) is 25.1 Å². The normalized spacial score (nSPS) is 13.8. The number of benzene rings is 2. The second-order valence-electron chi connectivity index (χ2n) is 7.91. The van der Waals surface area contributed by atoms with Gasteiger partial charge in [0, 0.05) is 4.47 Å². The molecule has 0 spiro atoms. The number of imide groups is 1. The van der Waals surface area contributed by atoms with Crippen molar-refractivity contribution in [1.82, 2.24) is 4.90 Å². The van der Waals surface area contributed by atoms with Crippen LogP contribution in [0.15, 0.2) is 22.7 Å². The van der Waals surface area contributed by atoms with Crippen molar-refractivity contribution in [1.29, 1.82) is 0 Å². The van der Waals surface area contributed by atoms with Gasteiger partial charge in [0.2, 0.25) is 0 Å². The molecule has 2 aromatic rings. The Morgan fingerprint density at radius 3 is 2.00 bits per heavy atom. The van der Waals surface area contributed by atoms with Gasteiger partial charge in [-0.15, -0.1) is 0 Å². The van der Waals surface area contributed by atoms with Gasteiger partial charge in [-0.3, -0.25) is 19.3 Å². The van der Waals surface area contributed by atoms with Crippen LogP contribution in [0.5, 0.6) is 0 Å². The van der Waals surface area contributed by atoms with Crippen molar-refractivity contribution < 1.29 is 23.9 Å². The van der Waals surface area contributed by atoms with Crippen LogP contribution in [0.4, 0.5) is 5.69 Å². The van der Waals surface area contributed by atoms with Crippen LogP contribution in [-0.4, -0.2) is 41.2 Å². The van der Waals surface area contributed by atoms with Crippen LogP contribution < -0.4 is 5.32 Å². The van der Waals surface area contributed by atoms with Crippen LogP contribution in [0.25, 0.3) is 0 Å². The molecule has 0 radical (unpaired) electrons. The summed E-state index contributed by atoms with van der Waals surface area (Å²) in [5.74, 6) is -3.51. The fourth-order valence-corrected chi connectivity index (χ4v) is 5.15. The van der Waals surface area contributed by atoms with E-state index in [9.17, 15) is 19.2 Å². The molecule has 13 heteroatoms. The van der Waals surface area contributed by atoms with E-state index in [2.05, 4.69) is 21.2 Å². The minimum Gasteiger partial charge on any atom is -0.454 e. The number of ether oxygens (including phenoxy) is 1. The van der Waals surface area contributed by atoms with Gasteiger partial charge in [-0.05, 0) is 30.5 Å². The smallest absolute Gasteiger partial charge is 0.329 e. The lowest BCUT2D eigenvalue weighted by atomic mass is 10.0. The van der Waals surface area contributed by atoms with E-state index in [4.69, 9.17) is 62.7 Å². The van der Waals surface area contributed by atoms with Crippen LogP contribution in [0.3, 0.4) is 0 Å². The minimum absolute atomic E-state index is 0.0567. The first-order valence-corrected chi connectivity index (χ1v) is 12.7. The summed E-state index contributed by atoms with van der Waals surface area (Å²) in [4.78, 5) is 52.4. The molecule has 186 valence electrons. The molecule has 0 aromatic heterocycles. The Morgan fingerprint density at radius 2 is 1.51 bits per heavy atom. The topological polar surface area (TPSA) is 92.8 Å². The van der Waals surface area contributed by atoms with Gasteiger partial charge in [0.05, 0.1) is 41.9 Å². The van der Waals surface area contributed by atoms with Crippen LogP contribution in [0, 0.1) is 5.92 Å². The van der Waals surface area contributed by atoms with E-state index in [0.29, 0.717) is 15.1 Å². The highest BCUT2D eigenvalue weighted by Crippen LogP contribution is 2.45. The first-order valence-electron chi connectivity index (χ1n) is 10.0. The monoisotopic (exact) mass is 642 g/mol. The summed E-state index contributed by atoms with van der Waals surface area (Å²) in [5, 5.41) is 1.91. The predicted octanol–water partition coefficient (Wildman–Crippen LogP) is 6.91. The van der Waals surface area contributed by atoms with E-state index in [1.807, 2.05) is 0 Å². The Labute approximate surface area is 234 Å². The van der Waals surface area contributed by atoms with Gasteiger partial charge in [-0.2, -0.15) is 0 Å². The zero-order valence-corrected chi connectivity index (χ0v) is 23.4. The summed E-state index contributed by atoms with van der Waals surface area (Å²) in [6, 6.07) is 3.47. The first-order chi connectivity index (χ1) is 16.3. The molecular formula is C22H16BrCl5N2O5. The second-order valence-corrected chi connectivity index (χ2v) is 10.7. The number of nitrogens with one attached hydrogen (secondary N) is 1. The number of carbonyl (C=O) groups excluding carboxylic acids is 4. The molecule has 7 nitrogen and oxygen atoms in total. The van der Waals surface area contributed by atoms with E-state index in [0.717, 1.165) is 0 Å². The van der Waals surface area contributed by atoms with E-state index >= 15 is 0 Å². The number of nitrogens with zero attached hydrogens (tertiary/aromatic N) is 1. The lowest BCUT2D eigenvalue weighted by molar-refractivity contribution is -0.151. The van der Waals surface area contributed by atoms with Crippen molar-refractivity contribution in [3.05, 3.63) is 58.9 Å². The average molecular weight is 646 g/mol.